The monoisotopic (exact) mass is 350 g/mol. The van der Waals surface area contributed by atoms with E-state index in [1.54, 1.807) is 0 Å². The highest BCUT2D eigenvalue weighted by molar-refractivity contribution is 5.98. The summed E-state index contributed by atoms with van der Waals surface area (Å²) in [6, 6.07) is 17.1. The van der Waals surface area contributed by atoms with Gasteiger partial charge in [0.2, 0.25) is 5.91 Å². The number of nitrogens with zero attached hydrogens (tertiary/aromatic N) is 2. The second-order valence-corrected chi connectivity index (χ2v) is 7.89. The van der Waals surface area contributed by atoms with E-state index in [2.05, 4.69) is 82.0 Å². The lowest BCUT2D eigenvalue weighted by atomic mass is 9.92. The summed E-state index contributed by atoms with van der Waals surface area (Å²) in [6.45, 7) is 12.1. The highest BCUT2D eigenvalue weighted by Crippen LogP contribution is 2.37. The molecule has 0 bridgehead atoms. The molecule has 0 saturated carbocycles. The van der Waals surface area contributed by atoms with Crippen molar-refractivity contribution < 1.29 is 4.79 Å². The summed E-state index contributed by atoms with van der Waals surface area (Å²) >= 11 is 0. The lowest BCUT2D eigenvalue weighted by Gasteiger charge is -2.28. The molecule has 3 heteroatoms. The number of benzene rings is 2. The Kier molecular flexibility index (Phi) is 5.47. The van der Waals surface area contributed by atoms with E-state index in [4.69, 9.17) is 0 Å². The second kappa shape index (κ2) is 7.63. The molecule has 2 aromatic carbocycles. The maximum absolute atomic E-state index is 13.0. The maximum Gasteiger partial charge on any atom is 0.242 e. The summed E-state index contributed by atoms with van der Waals surface area (Å²) in [5.41, 5.74) is 4.91. The third kappa shape index (κ3) is 3.54. The molecular formula is C23H30N2O. The topological polar surface area (TPSA) is 23.6 Å². The van der Waals surface area contributed by atoms with E-state index in [1.165, 1.54) is 16.7 Å². The first-order chi connectivity index (χ1) is 12.4. The number of anilines is 1. The largest absolute Gasteiger partial charge is 0.297 e. The van der Waals surface area contributed by atoms with Crippen LogP contribution >= 0.6 is 0 Å². The molecule has 26 heavy (non-hydrogen) atoms. The van der Waals surface area contributed by atoms with Crippen LogP contribution in [-0.2, 0) is 4.79 Å². The number of amides is 1. The molecule has 0 spiro atoms. The zero-order chi connectivity index (χ0) is 18.8. The Balaban J connectivity index is 1.95. The van der Waals surface area contributed by atoms with Crippen molar-refractivity contribution in [1.29, 1.82) is 0 Å². The number of para-hydroxylation sites is 1. The highest BCUT2D eigenvalue weighted by atomic mass is 16.2. The Morgan fingerprint density at radius 3 is 1.92 bits per heavy atom. The molecule has 3 nitrogen and oxygen atoms in total. The van der Waals surface area contributed by atoms with Gasteiger partial charge >= 0.3 is 0 Å². The van der Waals surface area contributed by atoms with Crippen LogP contribution in [0.25, 0.3) is 0 Å². The van der Waals surface area contributed by atoms with Crippen molar-refractivity contribution >= 4 is 11.6 Å². The first-order valence-electron chi connectivity index (χ1n) is 9.62. The van der Waals surface area contributed by atoms with E-state index in [-0.39, 0.29) is 11.9 Å². The van der Waals surface area contributed by atoms with Crippen molar-refractivity contribution in [3.63, 3.8) is 0 Å². The molecule has 1 unspecified atom stereocenters. The lowest BCUT2D eigenvalue weighted by Crippen LogP contribution is -2.30. The number of carbonyl (C=O) groups excluding carboxylic acids is 1. The quantitative estimate of drug-likeness (QED) is 0.730. The summed E-state index contributed by atoms with van der Waals surface area (Å²) in [6.07, 6.45) is 0. The fourth-order valence-electron chi connectivity index (χ4n) is 3.79. The van der Waals surface area contributed by atoms with Crippen LogP contribution in [0.4, 0.5) is 5.69 Å². The Morgan fingerprint density at radius 1 is 0.808 bits per heavy atom. The van der Waals surface area contributed by atoms with E-state index in [9.17, 15) is 4.79 Å². The molecule has 1 saturated heterocycles. The minimum Gasteiger partial charge on any atom is -0.297 e. The first kappa shape index (κ1) is 18.7. The summed E-state index contributed by atoms with van der Waals surface area (Å²) in [5, 5.41) is 0. The van der Waals surface area contributed by atoms with E-state index < -0.39 is 0 Å². The van der Waals surface area contributed by atoms with Crippen LogP contribution in [0.5, 0.6) is 0 Å². The molecule has 1 fully saturated rings. The van der Waals surface area contributed by atoms with Crippen molar-refractivity contribution in [3.8, 4) is 0 Å². The van der Waals surface area contributed by atoms with Gasteiger partial charge in [-0.15, -0.1) is 0 Å². The molecule has 1 heterocycles. The van der Waals surface area contributed by atoms with Gasteiger partial charge in [-0.05, 0) is 35.4 Å². The van der Waals surface area contributed by atoms with Crippen molar-refractivity contribution in [1.82, 2.24) is 4.90 Å². The average molecular weight is 351 g/mol. The molecule has 0 aliphatic carbocycles. The van der Waals surface area contributed by atoms with Gasteiger partial charge in [0, 0.05) is 6.04 Å². The number of carbonyl (C=O) groups is 1. The third-order valence-corrected chi connectivity index (χ3v) is 5.40. The van der Waals surface area contributed by atoms with Crippen molar-refractivity contribution in [2.75, 3.05) is 18.1 Å². The highest BCUT2D eigenvalue weighted by Gasteiger charge is 2.34. The molecule has 0 radical (unpaired) electrons. The van der Waals surface area contributed by atoms with Gasteiger partial charge in [-0.1, -0.05) is 76.2 Å². The molecule has 1 amide bonds. The standard InChI is InChI=1S/C23H30N2O/c1-16(2)20-12-9-13-21(17(3)4)23(20)25-15-24(14-22(25)26)18(5)19-10-7-6-8-11-19/h6-13,16-18H,14-15H2,1-5H3. The van der Waals surface area contributed by atoms with Gasteiger partial charge in [-0.3, -0.25) is 14.6 Å². The van der Waals surface area contributed by atoms with Crippen LogP contribution < -0.4 is 4.90 Å². The van der Waals surface area contributed by atoms with Gasteiger partial charge in [0.1, 0.15) is 0 Å². The minimum absolute atomic E-state index is 0.197. The van der Waals surface area contributed by atoms with E-state index in [0.29, 0.717) is 25.0 Å². The SMILES string of the molecule is CC(C)c1cccc(C(C)C)c1N1CN(C(C)c2ccccc2)CC1=O. The smallest absolute Gasteiger partial charge is 0.242 e. The van der Waals surface area contributed by atoms with Crippen LogP contribution in [0.15, 0.2) is 48.5 Å². The minimum atomic E-state index is 0.197. The number of hydrogen-bond donors (Lipinski definition) is 0. The fraction of sp³-hybridized carbons (Fsp3) is 0.435. The molecule has 2 aromatic rings. The molecular weight excluding hydrogens is 320 g/mol. The Morgan fingerprint density at radius 2 is 1.38 bits per heavy atom. The predicted molar refractivity (Wildman–Crippen MR) is 109 cm³/mol. The Hall–Kier alpha value is -2.13. The van der Waals surface area contributed by atoms with Crippen molar-refractivity contribution in [2.24, 2.45) is 0 Å². The maximum atomic E-state index is 13.0. The normalized spacial score (nSPS) is 16.7. The van der Waals surface area contributed by atoms with Gasteiger partial charge in [0.05, 0.1) is 18.9 Å². The summed E-state index contributed by atoms with van der Waals surface area (Å²) in [5.74, 6) is 0.969. The van der Waals surface area contributed by atoms with E-state index in [1.807, 2.05) is 11.0 Å². The Bertz CT molecular complexity index is 741. The molecule has 1 aliphatic heterocycles. The second-order valence-electron chi connectivity index (χ2n) is 7.89. The zero-order valence-electron chi connectivity index (χ0n) is 16.6. The summed E-state index contributed by atoms with van der Waals surface area (Å²) in [4.78, 5) is 17.2. The number of hydrogen-bond acceptors (Lipinski definition) is 2. The van der Waals surface area contributed by atoms with Crippen LogP contribution in [0.2, 0.25) is 0 Å². The van der Waals surface area contributed by atoms with Gasteiger partial charge in [-0.25, -0.2) is 0 Å². The predicted octanol–water partition coefficient (Wildman–Crippen LogP) is 5.30. The molecule has 0 aromatic heterocycles. The summed E-state index contributed by atoms with van der Waals surface area (Å²) < 4.78 is 0. The van der Waals surface area contributed by atoms with Gasteiger partial charge in [0.25, 0.3) is 0 Å². The first-order valence-corrected chi connectivity index (χ1v) is 9.62. The third-order valence-electron chi connectivity index (χ3n) is 5.40. The van der Waals surface area contributed by atoms with Crippen LogP contribution in [0.1, 0.15) is 69.2 Å². The molecule has 3 rings (SSSR count). The Labute approximate surface area is 157 Å². The van der Waals surface area contributed by atoms with Crippen LogP contribution in [-0.4, -0.2) is 24.0 Å². The van der Waals surface area contributed by atoms with Crippen molar-refractivity contribution in [2.45, 2.75) is 52.5 Å². The van der Waals surface area contributed by atoms with E-state index in [0.717, 1.165) is 5.69 Å². The molecule has 0 N–H and O–H groups in total. The van der Waals surface area contributed by atoms with Gasteiger partial charge in [0.15, 0.2) is 0 Å². The lowest BCUT2D eigenvalue weighted by molar-refractivity contribution is -0.116. The summed E-state index contributed by atoms with van der Waals surface area (Å²) in [7, 11) is 0. The molecule has 1 atom stereocenters. The van der Waals surface area contributed by atoms with Gasteiger partial charge < -0.3 is 0 Å². The zero-order valence-corrected chi connectivity index (χ0v) is 16.6. The fourth-order valence-corrected chi connectivity index (χ4v) is 3.79. The van der Waals surface area contributed by atoms with E-state index >= 15 is 0 Å². The average Bonchev–Trinajstić information content (AvgIpc) is 3.02. The van der Waals surface area contributed by atoms with Gasteiger partial charge in [-0.2, -0.15) is 0 Å². The molecule has 138 valence electrons. The molecule has 1 aliphatic rings. The number of rotatable bonds is 5. The van der Waals surface area contributed by atoms with Crippen LogP contribution in [0, 0.1) is 0 Å². The van der Waals surface area contributed by atoms with Crippen LogP contribution in [0.3, 0.4) is 0 Å². The van der Waals surface area contributed by atoms with Crippen molar-refractivity contribution in [3.05, 3.63) is 65.2 Å².